The lowest BCUT2D eigenvalue weighted by atomic mass is 10.0. The summed E-state index contributed by atoms with van der Waals surface area (Å²) in [5.74, 6) is 2.18. The number of nitrogens with one attached hydrogen (secondary N) is 1. The summed E-state index contributed by atoms with van der Waals surface area (Å²) in [7, 11) is 1.81. The molecular weight excluding hydrogens is 242 g/mol. The molecule has 0 saturated heterocycles. The highest BCUT2D eigenvalue weighted by atomic mass is 16.7. The fourth-order valence-corrected chi connectivity index (χ4v) is 2.14. The summed E-state index contributed by atoms with van der Waals surface area (Å²) in [5.41, 5.74) is 3.94. The third kappa shape index (κ3) is 2.07. The van der Waals surface area contributed by atoms with Crippen molar-refractivity contribution in [2.24, 2.45) is 0 Å². The van der Waals surface area contributed by atoms with Gasteiger partial charge in [-0.05, 0) is 37.6 Å². The predicted octanol–water partition coefficient (Wildman–Crippen LogP) is 2.53. The average Bonchev–Trinajstić information content (AvgIpc) is 2.84. The number of hydrogen-bond acceptors (Lipinski definition) is 5. The van der Waals surface area contributed by atoms with Crippen molar-refractivity contribution >= 4 is 5.95 Å². The molecule has 0 fully saturated rings. The molecule has 0 bridgehead atoms. The van der Waals surface area contributed by atoms with Crippen LogP contribution < -0.4 is 14.8 Å². The zero-order valence-corrected chi connectivity index (χ0v) is 11.2. The first-order chi connectivity index (χ1) is 9.17. The number of fused-ring (bicyclic) bond motifs is 1. The van der Waals surface area contributed by atoms with Gasteiger partial charge in [0.2, 0.25) is 12.7 Å². The zero-order valence-electron chi connectivity index (χ0n) is 11.2. The van der Waals surface area contributed by atoms with Gasteiger partial charge < -0.3 is 14.8 Å². The number of hydrogen-bond donors (Lipinski definition) is 1. The monoisotopic (exact) mass is 257 g/mol. The van der Waals surface area contributed by atoms with E-state index in [1.54, 1.807) is 0 Å². The van der Waals surface area contributed by atoms with Crippen molar-refractivity contribution in [2.45, 2.75) is 13.8 Å². The molecule has 5 nitrogen and oxygen atoms in total. The molecule has 0 aliphatic carbocycles. The maximum absolute atomic E-state index is 5.42. The molecule has 2 heterocycles. The maximum Gasteiger partial charge on any atom is 0.231 e. The Balaban J connectivity index is 2.14. The molecule has 5 heteroatoms. The fraction of sp³-hybridized carbons (Fsp3) is 0.286. The van der Waals surface area contributed by atoms with Gasteiger partial charge in [-0.15, -0.1) is 0 Å². The molecule has 0 unspecified atom stereocenters. The quantitative estimate of drug-likeness (QED) is 0.896. The molecule has 1 aliphatic rings. The Morgan fingerprint density at radius 3 is 2.53 bits per heavy atom. The molecule has 2 aromatic rings. The van der Waals surface area contributed by atoms with E-state index in [2.05, 4.69) is 15.3 Å². The molecule has 98 valence electrons. The fourth-order valence-electron chi connectivity index (χ4n) is 2.14. The van der Waals surface area contributed by atoms with Gasteiger partial charge in [-0.3, -0.25) is 0 Å². The van der Waals surface area contributed by atoms with E-state index in [-0.39, 0.29) is 6.79 Å². The van der Waals surface area contributed by atoms with E-state index < -0.39 is 0 Å². The molecule has 0 amide bonds. The standard InChI is InChI=1S/C14H15N3O2/c1-8-4-12-13(19-7-18-12)6-10(8)11-5-9(2)16-14(15-3)17-11/h4-6H,7H2,1-3H3,(H,15,16,17). The van der Waals surface area contributed by atoms with E-state index >= 15 is 0 Å². The Bertz CT molecular complexity index is 641. The smallest absolute Gasteiger partial charge is 0.231 e. The van der Waals surface area contributed by atoms with Crippen LogP contribution in [0.25, 0.3) is 11.3 Å². The Kier molecular flexibility index (Phi) is 2.74. The van der Waals surface area contributed by atoms with Gasteiger partial charge in [0.25, 0.3) is 0 Å². The lowest BCUT2D eigenvalue weighted by Crippen LogP contribution is -2.00. The SMILES string of the molecule is CNc1nc(C)cc(-c2cc3c(cc2C)OCO3)n1. The number of rotatable bonds is 2. The van der Waals surface area contributed by atoms with Gasteiger partial charge in [0.1, 0.15) is 0 Å². The lowest BCUT2D eigenvalue weighted by molar-refractivity contribution is 0.174. The van der Waals surface area contributed by atoms with Gasteiger partial charge in [0.05, 0.1) is 5.69 Å². The Labute approximate surface area is 111 Å². The first-order valence-electron chi connectivity index (χ1n) is 6.11. The molecule has 1 aromatic heterocycles. The first kappa shape index (κ1) is 11.8. The van der Waals surface area contributed by atoms with Crippen LogP contribution in [0.1, 0.15) is 11.3 Å². The Hall–Kier alpha value is -2.30. The summed E-state index contributed by atoms with van der Waals surface area (Å²) >= 11 is 0. The largest absolute Gasteiger partial charge is 0.454 e. The number of benzene rings is 1. The van der Waals surface area contributed by atoms with E-state index in [9.17, 15) is 0 Å². The van der Waals surface area contributed by atoms with Crippen molar-refractivity contribution in [1.82, 2.24) is 9.97 Å². The highest BCUT2D eigenvalue weighted by Crippen LogP contribution is 2.38. The van der Waals surface area contributed by atoms with E-state index in [4.69, 9.17) is 9.47 Å². The highest BCUT2D eigenvalue weighted by molar-refractivity contribution is 5.69. The summed E-state index contributed by atoms with van der Waals surface area (Å²) in [6.07, 6.45) is 0. The van der Waals surface area contributed by atoms with Gasteiger partial charge in [-0.25, -0.2) is 9.97 Å². The lowest BCUT2D eigenvalue weighted by Gasteiger charge is -2.09. The van der Waals surface area contributed by atoms with Crippen molar-refractivity contribution in [3.05, 3.63) is 29.5 Å². The second-order valence-corrected chi connectivity index (χ2v) is 4.49. The summed E-state index contributed by atoms with van der Waals surface area (Å²) < 4.78 is 10.8. The van der Waals surface area contributed by atoms with Crippen LogP contribution in [0.5, 0.6) is 11.5 Å². The van der Waals surface area contributed by atoms with Crippen molar-refractivity contribution < 1.29 is 9.47 Å². The topological polar surface area (TPSA) is 56.3 Å². The van der Waals surface area contributed by atoms with Crippen molar-refractivity contribution in [3.63, 3.8) is 0 Å². The minimum Gasteiger partial charge on any atom is -0.454 e. The Morgan fingerprint density at radius 1 is 1.05 bits per heavy atom. The molecule has 1 N–H and O–H groups in total. The third-order valence-electron chi connectivity index (χ3n) is 3.07. The summed E-state index contributed by atoms with van der Waals surface area (Å²) in [6, 6.07) is 5.92. The second-order valence-electron chi connectivity index (χ2n) is 4.49. The van der Waals surface area contributed by atoms with E-state index in [1.165, 1.54) is 0 Å². The highest BCUT2D eigenvalue weighted by Gasteiger charge is 2.17. The number of aromatic nitrogens is 2. The summed E-state index contributed by atoms with van der Waals surface area (Å²) in [5, 5.41) is 2.97. The molecule has 1 aliphatic heterocycles. The predicted molar refractivity (Wildman–Crippen MR) is 72.6 cm³/mol. The molecule has 0 radical (unpaired) electrons. The molecule has 3 rings (SSSR count). The first-order valence-corrected chi connectivity index (χ1v) is 6.11. The van der Waals surface area contributed by atoms with Gasteiger partial charge in [-0.1, -0.05) is 0 Å². The average molecular weight is 257 g/mol. The third-order valence-corrected chi connectivity index (χ3v) is 3.07. The number of anilines is 1. The van der Waals surface area contributed by atoms with Crippen LogP contribution in [0.4, 0.5) is 5.95 Å². The van der Waals surface area contributed by atoms with Gasteiger partial charge >= 0.3 is 0 Å². The molecule has 0 spiro atoms. The van der Waals surface area contributed by atoms with Crippen LogP contribution in [0.2, 0.25) is 0 Å². The van der Waals surface area contributed by atoms with Gasteiger partial charge in [0, 0.05) is 18.3 Å². The van der Waals surface area contributed by atoms with Crippen LogP contribution in [0.15, 0.2) is 18.2 Å². The maximum atomic E-state index is 5.42. The van der Waals surface area contributed by atoms with Crippen LogP contribution in [0.3, 0.4) is 0 Å². The minimum absolute atomic E-state index is 0.281. The molecule has 0 saturated carbocycles. The Morgan fingerprint density at radius 2 is 1.79 bits per heavy atom. The number of ether oxygens (including phenoxy) is 2. The van der Waals surface area contributed by atoms with Crippen LogP contribution >= 0.6 is 0 Å². The minimum atomic E-state index is 0.281. The van der Waals surface area contributed by atoms with Crippen LogP contribution in [-0.4, -0.2) is 23.8 Å². The van der Waals surface area contributed by atoms with E-state index in [1.807, 2.05) is 39.1 Å². The van der Waals surface area contributed by atoms with E-state index in [0.717, 1.165) is 34.0 Å². The van der Waals surface area contributed by atoms with Crippen LogP contribution in [-0.2, 0) is 0 Å². The van der Waals surface area contributed by atoms with Gasteiger partial charge in [0.15, 0.2) is 11.5 Å². The summed E-state index contributed by atoms with van der Waals surface area (Å²) in [6.45, 7) is 4.27. The van der Waals surface area contributed by atoms with Crippen molar-refractivity contribution in [3.8, 4) is 22.8 Å². The second kappa shape index (κ2) is 4.42. The van der Waals surface area contributed by atoms with E-state index in [0.29, 0.717) is 5.95 Å². The molecule has 19 heavy (non-hydrogen) atoms. The van der Waals surface area contributed by atoms with Crippen molar-refractivity contribution in [1.29, 1.82) is 0 Å². The number of nitrogens with zero attached hydrogens (tertiary/aromatic N) is 2. The van der Waals surface area contributed by atoms with Crippen LogP contribution in [0, 0.1) is 13.8 Å². The number of aryl methyl sites for hydroxylation is 2. The molecular formula is C14H15N3O2. The van der Waals surface area contributed by atoms with Gasteiger partial charge in [-0.2, -0.15) is 0 Å². The van der Waals surface area contributed by atoms with Crippen molar-refractivity contribution in [2.75, 3.05) is 19.2 Å². The molecule has 1 aromatic carbocycles. The molecule has 0 atom stereocenters. The summed E-state index contributed by atoms with van der Waals surface area (Å²) in [4.78, 5) is 8.79. The zero-order chi connectivity index (χ0) is 13.4. The normalized spacial score (nSPS) is 12.6.